The van der Waals surface area contributed by atoms with Crippen molar-refractivity contribution in [2.45, 2.75) is 0 Å². The predicted octanol–water partition coefficient (Wildman–Crippen LogP) is 12.3. The molecule has 214 valence electrons. The number of rotatable bonds is 3. The molecule has 0 bridgehead atoms. The SMILES string of the molecule is c1ccc(-n2c3ccccc3c3cc(-c4cccc5c4oc4ccccc45)ccc32)c(-c2c3ccccc3cc3ccccc23)c1. The van der Waals surface area contributed by atoms with E-state index in [1.54, 1.807) is 0 Å². The number of hydrogen-bond acceptors (Lipinski definition) is 1. The molecule has 0 fully saturated rings. The molecule has 2 heterocycles. The first-order chi connectivity index (χ1) is 22.8. The van der Waals surface area contributed by atoms with Gasteiger partial charge < -0.3 is 8.98 Å². The van der Waals surface area contributed by atoms with Crippen molar-refractivity contribution in [2.75, 3.05) is 0 Å². The van der Waals surface area contributed by atoms with Gasteiger partial charge in [-0.05, 0) is 69.1 Å². The van der Waals surface area contributed by atoms with Gasteiger partial charge in [0.15, 0.2) is 0 Å². The van der Waals surface area contributed by atoms with Crippen molar-refractivity contribution in [3.63, 3.8) is 0 Å². The number of furan rings is 1. The van der Waals surface area contributed by atoms with Gasteiger partial charge in [-0.1, -0.05) is 127 Å². The van der Waals surface area contributed by atoms with Gasteiger partial charge in [-0.25, -0.2) is 0 Å². The zero-order valence-electron chi connectivity index (χ0n) is 24.9. The van der Waals surface area contributed by atoms with Crippen LogP contribution in [0.2, 0.25) is 0 Å². The molecule has 2 nitrogen and oxygen atoms in total. The smallest absolute Gasteiger partial charge is 0.143 e. The van der Waals surface area contributed by atoms with E-state index in [0.29, 0.717) is 0 Å². The van der Waals surface area contributed by atoms with Crippen molar-refractivity contribution >= 4 is 65.3 Å². The van der Waals surface area contributed by atoms with E-state index in [2.05, 4.69) is 156 Å². The molecular weight excluding hydrogens is 558 g/mol. The molecule has 0 unspecified atom stereocenters. The molecule has 0 aliphatic rings. The number of fused-ring (bicyclic) bond motifs is 8. The average molecular weight is 586 g/mol. The van der Waals surface area contributed by atoms with E-state index in [0.717, 1.165) is 33.1 Å². The standard InChI is InChI=1S/C44H27NO/c1-3-14-31-28(12-1)26-29-13-2-4-15-32(29)43(31)37-18-6-9-22-40(37)45-39-21-8-5-16-34(39)38-27-30(24-25-41(38)45)33-19-11-20-36-35-17-7-10-23-42(35)46-44(33)36/h1-27H. The number of hydrogen-bond donors (Lipinski definition) is 0. The van der Waals surface area contributed by atoms with Gasteiger partial charge in [0.1, 0.15) is 11.2 Å². The van der Waals surface area contributed by atoms with Gasteiger partial charge >= 0.3 is 0 Å². The number of para-hydroxylation sites is 4. The molecule has 0 spiro atoms. The zero-order chi connectivity index (χ0) is 30.2. The van der Waals surface area contributed by atoms with Crippen LogP contribution in [0, 0.1) is 0 Å². The van der Waals surface area contributed by atoms with E-state index in [1.807, 2.05) is 12.1 Å². The van der Waals surface area contributed by atoms with Gasteiger partial charge in [-0.2, -0.15) is 0 Å². The van der Waals surface area contributed by atoms with Crippen molar-refractivity contribution < 1.29 is 4.42 Å². The highest BCUT2D eigenvalue weighted by Gasteiger charge is 2.19. The van der Waals surface area contributed by atoms with Gasteiger partial charge in [-0.15, -0.1) is 0 Å². The number of aromatic nitrogens is 1. The fraction of sp³-hybridized carbons (Fsp3) is 0. The molecule has 46 heavy (non-hydrogen) atoms. The minimum absolute atomic E-state index is 0.917. The molecule has 0 aliphatic heterocycles. The second-order valence-corrected chi connectivity index (χ2v) is 12.1. The number of nitrogens with zero attached hydrogens (tertiary/aromatic N) is 1. The van der Waals surface area contributed by atoms with Gasteiger partial charge in [0.05, 0.1) is 16.7 Å². The predicted molar refractivity (Wildman–Crippen MR) is 194 cm³/mol. The topological polar surface area (TPSA) is 18.1 Å². The number of benzene rings is 8. The molecule has 0 radical (unpaired) electrons. The first-order valence-corrected chi connectivity index (χ1v) is 15.8. The quantitative estimate of drug-likeness (QED) is 0.189. The Hall–Kier alpha value is -6.12. The Balaban J connectivity index is 1.26. The highest BCUT2D eigenvalue weighted by Crippen LogP contribution is 2.43. The maximum absolute atomic E-state index is 6.44. The maximum atomic E-state index is 6.44. The molecule has 0 amide bonds. The van der Waals surface area contributed by atoms with Crippen LogP contribution >= 0.6 is 0 Å². The maximum Gasteiger partial charge on any atom is 0.143 e. The third kappa shape index (κ3) is 3.59. The van der Waals surface area contributed by atoms with Gasteiger partial charge in [0, 0.05) is 32.7 Å². The second kappa shape index (κ2) is 9.69. The van der Waals surface area contributed by atoms with Crippen LogP contribution in [0.4, 0.5) is 0 Å². The van der Waals surface area contributed by atoms with E-state index in [9.17, 15) is 0 Å². The molecule has 0 N–H and O–H groups in total. The second-order valence-electron chi connectivity index (χ2n) is 12.1. The van der Waals surface area contributed by atoms with Crippen LogP contribution < -0.4 is 0 Å². The third-order valence-corrected chi connectivity index (χ3v) is 9.57. The summed E-state index contributed by atoms with van der Waals surface area (Å²) >= 11 is 0. The molecule has 10 rings (SSSR count). The Kier molecular flexibility index (Phi) is 5.31. The molecule has 0 aliphatic carbocycles. The monoisotopic (exact) mass is 585 g/mol. The minimum atomic E-state index is 0.917. The molecule has 0 atom stereocenters. The van der Waals surface area contributed by atoms with Gasteiger partial charge in [0.2, 0.25) is 0 Å². The Morgan fingerprint density at radius 2 is 1.00 bits per heavy atom. The summed E-state index contributed by atoms with van der Waals surface area (Å²) in [5.74, 6) is 0. The Morgan fingerprint density at radius 1 is 0.391 bits per heavy atom. The lowest BCUT2D eigenvalue weighted by molar-refractivity contribution is 0.670. The van der Waals surface area contributed by atoms with E-state index >= 15 is 0 Å². The molecular formula is C44H27NO. The first-order valence-electron chi connectivity index (χ1n) is 15.8. The minimum Gasteiger partial charge on any atom is -0.455 e. The fourth-order valence-electron chi connectivity index (χ4n) is 7.56. The lowest BCUT2D eigenvalue weighted by Crippen LogP contribution is -1.98. The first kappa shape index (κ1) is 25.2. The molecule has 2 heteroatoms. The summed E-state index contributed by atoms with van der Waals surface area (Å²) < 4.78 is 8.89. The van der Waals surface area contributed by atoms with Crippen LogP contribution in [0.3, 0.4) is 0 Å². The van der Waals surface area contributed by atoms with Crippen molar-refractivity contribution in [3.05, 3.63) is 164 Å². The summed E-state index contributed by atoms with van der Waals surface area (Å²) in [5, 5.41) is 9.76. The van der Waals surface area contributed by atoms with Crippen molar-refractivity contribution in [1.29, 1.82) is 0 Å². The molecule has 10 aromatic rings. The van der Waals surface area contributed by atoms with E-state index in [1.165, 1.54) is 60.2 Å². The summed E-state index contributed by atoms with van der Waals surface area (Å²) in [6, 6.07) is 59.1. The Bertz CT molecular complexity index is 2760. The van der Waals surface area contributed by atoms with Crippen LogP contribution in [-0.4, -0.2) is 4.57 Å². The van der Waals surface area contributed by atoms with Crippen LogP contribution in [0.5, 0.6) is 0 Å². The largest absolute Gasteiger partial charge is 0.455 e. The lowest BCUT2D eigenvalue weighted by Gasteiger charge is -2.18. The average Bonchev–Trinajstić information content (AvgIpc) is 3.66. The summed E-state index contributed by atoms with van der Waals surface area (Å²) in [6.45, 7) is 0. The fourth-order valence-corrected chi connectivity index (χ4v) is 7.56. The van der Waals surface area contributed by atoms with E-state index in [-0.39, 0.29) is 0 Å². The summed E-state index contributed by atoms with van der Waals surface area (Å²) in [6.07, 6.45) is 0. The van der Waals surface area contributed by atoms with Crippen LogP contribution in [0.25, 0.3) is 93.2 Å². The molecule has 0 saturated carbocycles. The summed E-state index contributed by atoms with van der Waals surface area (Å²) in [7, 11) is 0. The van der Waals surface area contributed by atoms with Gasteiger partial charge in [0.25, 0.3) is 0 Å². The Morgan fingerprint density at radius 3 is 1.83 bits per heavy atom. The Labute approximate surface area is 265 Å². The normalized spacial score (nSPS) is 11.9. The van der Waals surface area contributed by atoms with E-state index < -0.39 is 0 Å². The highest BCUT2D eigenvalue weighted by atomic mass is 16.3. The van der Waals surface area contributed by atoms with Crippen LogP contribution in [0.15, 0.2) is 168 Å². The summed E-state index contributed by atoms with van der Waals surface area (Å²) in [5.41, 5.74) is 10.1. The van der Waals surface area contributed by atoms with Crippen LogP contribution in [-0.2, 0) is 0 Å². The van der Waals surface area contributed by atoms with Crippen molar-refractivity contribution in [3.8, 4) is 27.9 Å². The van der Waals surface area contributed by atoms with Crippen molar-refractivity contribution in [1.82, 2.24) is 4.57 Å². The highest BCUT2D eigenvalue weighted by molar-refractivity contribution is 6.16. The zero-order valence-corrected chi connectivity index (χ0v) is 24.9. The molecule has 0 saturated heterocycles. The van der Waals surface area contributed by atoms with Crippen molar-refractivity contribution in [2.24, 2.45) is 0 Å². The van der Waals surface area contributed by atoms with Crippen LogP contribution in [0.1, 0.15) is 0 Å². The third-order valence-electron chi connectivity index (χ3n) is 9.57. The summed E-state index contributed by atoms with van der Waals surface area (Å²) in [4.78, 5) is 0. The van der Waals surface area contributed by atoms with E-state index in [4.69, 9.17) is 4.42 Å². The van der Waals surface area contributed by atoms with Gasteiger partial charge in [-0.3, -0.25) is 0 Å². The molecule has 8 aromatic carbocycles. The molecule has 2 aromatic heterocycles. The lowest BCUT2D eigenvalue weighted by atomic mass is 9.91.